The van der Waals surface area contributed by atoms with Crippen molar-refractivity contribution in [2.24, 2.45) is 0 Å². The van der Waals surface area contributed by atoms with Gasteiger partial charge in [-0.05, 0) is 49.2 Å². The van der Waals surface area contributed by atoms with Crippen LogP contribution in [0, 0.1) is 5.82 Å². The lowest BCUT2D eigenvalue weighted by Gasteiger charge is -2.22. The number of halogens is 1. The lowest BCUT2D eigenvalue weighted by Crippen LogP contribution is -2.30. The van der Waals surface area contributed by atoms with Gasteiger partial charge in [0.25, 0.3) is 0 Å². The van der Waals surface area contributed by atoms with Gasteiger partial charge in [-0.1, -0.05) is 17.3 Å². The third-order valence-corrected chi connectivity index (χ3v) is 6.43. The highest BCUT2D eigenvalue weighted by Crippen LogP contribution is 2.36. The SMILES string of the molecule is O=C(CCc1nc(-c2ccc(F)cc2)no1)N1CCCC1c1nc2ccccc2s1. The summed E-state index contributed by atoms with van der Waals surface area (Å²) < 4.78 is 19.5. The van der Waals surface area contributed by atoms with Gasteiger partial charge in [0.2, 0.25) is 17.6 Å². The van der Waals surface area contributed by atoms with Crippen LogP contribution in [0.5, 0.6) is 0 Å². The van der Waals surface area contributed by atoms with Gasteiger partial charge in [0.15, 0.2) is 0 Å². The van der Waals surface area contributed by atoms with Crippen LogP contribution in [0.1, 0.15) is 36.2 Å². The number of carbonyl (C=O) groups is 1. The number of hydrogen-bond donors (Lipinski definition) is 0. The van der Waals surface area contributed by atoms with Crippen molar-refractivity contribution >= 4 is 27.5 Å². The maximum absolute atomic E-state index is 13.1. The van der Waals surface area contributed by atoms with Gasteiger partial charge >= 0.3 is 0 Å². The minimum Gasteiger partial charge on any atom is -0.339 e. The number of nitrogens with zero attached hydrogens (tertiary/aromatic N) is 4. The summed E-state index contributed by atoms with van der Waals surface area (Å²) in [7, 11) is 0. The zero-order valence-corrected chi connectivity index (χ0v) is 16.9. The summed E-state index contributed by atoms with van der Waals surface area (Å²) in [5.74, 6) is 0.545. The second kappa shape index (κ2) is 7.95. The minimum absolute atomic E-state index is 0.0346. The Hall–Kier alpha value is -3.13. The Bertz CT molecular complexity index is 1150. The van der Waals surface area contributed by atoms with E-state index >= 15 is 0 Å². The van der Waals surface area contributed by atoms with Gasteiger partial charge in [0.1, 0.15) is 10.8 Å². The standard InChI is InChI=1S/C22H19FN4O2S/c23-15-9-7-14(8-10-15)21-25-19(29-26-21)11-12-20(28)27-13-3-5-17(27)22-24-16-4-1-2-6-18(16)30-22/h1-2,4,6-10,17H,3,5,11-13H2. The second-order valence-corrected chi connectivity index (χ2v) is 8.35. The molecule has 2 aromatic heterocycles. The number of carbonyl (C=O) groups excluding carboxylic acids is 1. The largest absolute Gasteiger partial charge is 0.339 e. The molecule has 30 heavy (non-hydrogen) atoms. The molecular formula is C22H19FN4O2S. The summed E-state index contributed by atoms with van der Waals surface area (Å²) in [5, 5.41) is 4.94. The van der Waals surface area contributed by atoms with E-state index in [1.54, 1.807) is 23.5 Å². The van der Waals surface area contributed by atoms with Crippen LogP contribution in [0.3, 0.4) is 0 Å². The Morgan fingerprint density at radius 2 is 2.00 bits per heavy atom. The van der Waals surface area contributed by atoms with Gasteiger partial charge in [0.05, 0.1) is 16.3 Å². The lowest BCUT2D eigenvalue weighted by molar-refractivity contribution is -0.132. The molecular weight excluding hydrogens is 403 g/mol. The number of aromatic nitrogens is 3. The third-order valence-electron chi connectivity index (χ3n) is 5.29. The molecule has 1 aliphatic heterocycles. The molecule has 8 heteroatoms. The highest BCUT2D eigenvalue weighted by Gasteiger charge is 2.32. The molecule has 0 bridgehead atoms. The van der Waals surface area contributed by atoms with Crippen LogP contribution in [0.15, 0.2) is 53.1 Å². The van der Waals surface area contributed by atoms with Gasteiger partial charge in [-0.2, -0.15) is 4.98 Å². The summed E-state index contributed by atoms with van der Waals surface area (Å²) >= 11 is 1.66. The maximum atomic E-state index is 13.1. The van der Waals surface area contributed by atoms with Gasteiger partial charge in [-0.3, -0.25) is 4.79 Å². The number of thiazole rings is 1. The van der Waals surface area contributed by atoms with E-state index in [1.165, 1.54) is 12.1 Å². The van der Waals surface area contributed by atoms with Crippen molar-refractivity contribution in [3.8, 4) is 11.4 Å². The van der Waals surface area contributed by atoms with Crippen LogP contribution in [-0.4, -0.2) is 32.5 Å². The number of likely N-dealkylation sites (tertiary alicyclic amines) is 1. The summed E-state index contributed by atoms with van der Waals surface area (Å²) in [6, 6.07) is 14.0. The molecule has 2 aromatic carbocycles. The Balaban J connectivity index is 1.25. The fourth-order valence-corrected chi connectivity index (χ4v) is 4.90. The number of rotatable bonds is 5. The summed E-state index contributed by atoms with van der Waals surface area (Å²) in [5.41, 5.74) is 1.66. The number of hydrogen-bond acceptors (Lipinski definition) is 6. The quantitative estimate of drug-likeness (QED) is 0.463. The Morgan fingerprint density at radius 3 is 2.83 bits per heavy atom. The summed E-state index contributed by atoms with van der Waals surface area (Å²) in [6.07, 6.45) is 2.57. The molecule has 1 fully saturated rings. The molecule has 3 heterocycles. The first-order valence-electron chi connectivity index (χ1n) is 9.91. The molecule has 0 saturated carbocycles. The first kappa shape index (κ1) is 18.9. The Morgan fingerprint density at radius 1 is 1.17 bits per heavy atom. The Labute approximate surface area is 176 Å². The molecule has 6 nitrogen and oxygen atoms in total. The van der Waals surface area contributed by atoms with Crippen LogP contribution in [0.2, 0.25) is 0 Å². The van der Waals surface area contributed by atoms with Crippen molar-refractivity contribution < 1.29 is 13.7 Å². The van der Waals surface area contributed by atoms with Crippen molar-refractivity contribution in [1.29, 1.82) is 0 Å². The van der Waals surface area contributed by atoms with Crippen LogP contribution < -0.4 is 0 Å². The zero-order valence-electron chi connectivity index (χ0n) is 16.1. The lowest BCUT2D eigenvalue weighted by atomic mass is 10.2. The molecule has 1 unspecified atom stereocenters. The van der Waals surface area contributed by atoms with Gasteiger partial charge in [-0.15, -0.1) is 11.3 Å². The maximum Gasteiger partial charge on any atom is 0.227 e. The minimum atomic E-state index is -0.318. The fraction of sp³-hybridized carbons (Fsp3) is 0.273. The van der Waals surface area contributed by atoms with Crippen molar-refractivity contribution in [1.82, 2.24) is 20.0 Å². The first-order valence-corrected chi connectivity index (χ1v) is 10.7. The normalized spacial score (nSPS) is 16.4. The van der Waals surface area contributed by atoms with E-state index in [9.17, 15) is 9.18 Å². The molecule has 152 valence electrons. The summed E-state index contributed by atoms with van der Waals surface area (Å²) in [4.78, 5) is 23.9. The molecule has 0 radical (unpaired) electrons. The molecule has 0 N–H and O–H groups in total. The van der Waals surface area contributed by atoms with Crippen molar-refractivity contribution in [3.63, 3.8) is 0 Å². The molecule has 1 amide bonds. The third kappa shape index (κ3) is 3.70. The molecule has 1 atom stereocenters. The highest BCUT2D eigenvalue weighted by atomic mass is 32.1. The predicted octanol–water partition coefficient (Wildman–Crippen LogP) is 4.78. The van der Waals surface area contributed by atoms with Crippen molar-refractivity contribution in [2.45, 2.75) is 31.7 Å². The van der Waals surface area contributed by atoms with Crippen LogP contribution in [0.25, 0.3) is 21.6 Å². The van der Waals surface area contributed by atoms with E-state index in [1.807, 2.05) is 23.1 Å². The van der Waals surface area contributed by atoms with E-state index in [0.717, 1.165) is 34.6 Å². The summed E-state index contributed by atoms with van der Waals surface area (Å²) in [6.45, 7) is 0.740. The Kier molecular flexibility index (Phi) is 5.00. The molecule has 0 aliphatic carbocycles. The van der Waals surface area contributed by atoms with E-state index < -0.39 is 0 Å². The molecule has 1 aliphatic rings. The highest BCUT2D eigenvalue weighted by molar-refractivity contribution is 7.18. The number of benzene rings is 2. The van der Waals surface area contributed by atoms with Crippen LogP contribution in [-0.2, 0) is 11.2 Å². The fourth-order valence-electron chi connectivity index (χ4n) is 3.78. The van der Waals surface area contributed by atoms with Crippen molar-refractivity contribution in [3.05, 3.63) is 65.2 Å². The molecule has 1 saturated heterocycles. The van der Waals surface area contributed by atoms with E-state index in [4.69, 9.17) is 9.51 Å². The van der Waals surface area contributed by atoms with Gasteiger partial charge < -0.3 is 9.42 Å². The van der Waals surface area contributed by atoms with E-state index in [0.29, 0.717) is 30.1 Å². The van der Waals surface area contributed by atoms with Gasteiger partial charge in [-0.25, -0.2) is 9.37 Å². The average Bonchev–Trinajstić information content (AvgIpc) is 3.51. The predicted molar refractivity (Wildman–Crippen MR) is 111 cm³/mol. The molecule has 4 aromatic rings. The van der Waals surface area contributed by atoms with E-state index in [-0.39, 0.29) is 17.8 Å². The number of fused-ring (bicyclic) bond motifs is 1. The molecule has 5 rings (SSSR count). The first-order chi connectivity index (χ1) is 14.7. The topological polar surface area (TPSA) is 72.1 Å². The zero-order chi connectivity index (χ0) is 20.5. The van der Waals surface area contributed by atoms with Crippen LogP contribution >= 0.6 is 11.3 Å². The number of aryl methyl sites for hydroxylation is 1. The number of amides is 1. The van der Waals surface area contributed by atoms with Crippen LogP contribution in [0.4, 0.5) is 4.39 Å². The van der Waals surface area contributed by atoms with E-state index in [2.05, 4.69) is 16.2 Å². The van der Waals surface area contributed by atoms with Crippen molar-refractivity contribution in [2.75, 3.05) is 6.54 Å². The smallest absolute Gasteiger partial charge is 0.227 e. The molecule has 0 spiro atoms. The van der Waals surface area contributed by atoms with Gasteiger partial charge in [0, 0.05) is 24.9 Å². The monoisotopic (exact) mass is 422 g/mol. The number of para-hydroxylation sites is 1. The second-order valence-electron chi connectivity index (χ2n) is 7.28. The average molecular weight is 422 g/mol.